The van der Waals surface area contributed by atoms with E-state index in [2.05, 4.69) is 5.10 Å². The molecule has 0 atom stereocenters. The van der Waals surface area contributed by atoms with Gasteiger partial charge in [-0.2, -0.15) is 5.10 Å². The number of ether oxygens (including phenoxy) is 1. The van der Waals surface area contributed by atoms with E-state index in [0.717, 1.165) is 5.69 Å². The van der Waals surface area contributed by atoms with Crippen molar-refractivity contribution in [1.29, 1.82) is 0 Å². The maximum absolute atomic E-state index is 11.8. The minimum absolute atomic E-state index is 0.262. The van der Waals surface area contributed by atoms with E-state index in [9.17, 15) is 4.79 Å². The Morgan fingerprint density at radius 1 is 1.41 bits per heavy atom. The van der Waals surface area contributed by atoms with Gasteiger partial charge in [-0.05, 0) is 19.1 Å². The van der Waals surface area contributed by atoms with E-state index in [4.69, 9.17) is 10.5 Å². The highest BCUT2D eigenvalue weighted by atomic mass is 16.5. The number of carbonyl (C=O) groups is 1. The summed E-state index contributed by atoms with van der Waals surface area (Å²) >= 11 is 0. The van der Waals surface area contributed by atoms with Crippen LogP contribution >= 0.6 is 0 Å². The lowest BCUT2D eigenvalue weighted by Crippen LogP contribution is -2.13. The summed E-state index contributed by atoms with van der Waals surface area (Å²) in [6.45, 7) is 2.05. The zero-order valence-corrected chi connectivity index (χ0v) is 9.46. The number of para-hydroxylation sites is 1. The zero-order valence-electron chi connectivity index (χ0n) is 9.46. The minimum Gasteiger partial charge on any atom is -0.461 e. The van der Waals surface area contributed by atoms with Crippen LogP contribution < -0.4 is 5.73 Å². The fraction of sp³-hybridized carbons (Fsp3) is 0.167. The molecular weight excluding hydrogens is 218 g/mol. The SMILES string of the molecule is CCOC(=O)c1c(N)cnn1-c1ccccc1. The number of rotatable bonds is 3. The summed E-state index contributed by atoms with van der Waals surface area (Å²) < 4.78 is 6.43. The van der Waals surface area contributed by atoms with Gasteiger partial charge < -0.3 is 10.5 Å². The van der Waals surface area contributed by atoms with Gasteiger partial charge in [-0.15, -0.1) is 0 Å². The van der Waals surface area contributed by atoms with E-state index < -0.39 is 5.97 Å². The molecule has 5 nitrogen and oxygen atoms in total. The number of benzene rings is 1. The van der Waals surface area contributed by atoms with E-state index in [1.807, 2.05) is 30.3 Å². The number of hydrogen-bond acceptors (Lipinski definition) is 4. The predicted molar refractivity (Wildman–Crippen MR) is 63.9 cm³/mol. The summed E-state index contributed by atoms with van der Waals surface area (Å²) in [5.74, 6) is -0.466. The average molecular weight is 231 g/mol. The summed E-state index contributed by atoms with van der Waals surface area (Å²) in [7, 11) is 0. The van der Waals surface area contributed by atoms with Crippen LogP contribution in [0.4, 0.5) is 5.69 Å². The fourth-order valence-electron chi connectivity index (χ4n) is 1.53. The van der Waals surface area contributed by atoms with Crippen molar-refractivity contribution in [2.24, 2.45) is 0 Å². The van der Waals surface area contributed by atoms with Crippen molar-refractivity contribution in [3.05, 3.63) is 42.2 Å². The van der Waals surface area contributed by atoms with Crippen LogP contribution in [0.1, 0.15) is 17.4 Å². The Kier molecular flexibility index (Phi) is 3.09. The summed E-state index contributed by atoms with van der Waals surface area (Å²) in [6, 6.07) is 9.30. The van der Waals surface area contributed by atoms with Crippen LogP contribution in [0.25, 0.3) is 5.69 Å². The number of anilines is 1. The van der Waals surface area contributed by atoms with E-state index in [1.54, 1.807) is 6.92 Å². The molecule has 0 saturated carbocycles. The first-order chi connectivity index (χ1) is 8.24. The van der Waals surface area contributed by atoms with Crippen LogP contribution in [0.2, 0.25) is 0 Å². The van der Waals surface area contributed by atoms with E-state index in [0.29, 0.717) is 12.3 Å². The third-order valence-electron chi connectivity index (χ3n) is 2.27. The molecule has 0 amide bonds. The van der Waals surface area contributed by atoms with Gasteiger partial charge in [0.15, 0.2) is 5.69 Å². The van der Waals surface area contributed by atoms with Crippen LogP contribution in [-0.2, 0) is 4.74 Å². The number of nitrogens with zero attached hydrogens (tertiary/aromatic N) is 2. The lowest BCUT2D eigenvalue weighted by Gasteiger charge is -2.07. The van der Waals surface area contributed by atoms with Gasteiger partial charge in [-0.1, -0.05) is 18.2 Å². The average Bonchev–Trinajstić information content (AvgIpc) is 2.73. The predicted octanol–water partition coefficient (Wildman–Crippen LogP) is 1.63. The summed E-state index contributed by atoms with van der Waals surface area (Å²) in [6.07, 6.45) is 1.44. The first kappa shape index (κ1) is 11.2. The van der Waals surface area contributed by atoms with Crippen LogP contribution in [0.5, 0.6) is 0 Å². The normalized spacial score (nSPS) is 10.2. The number of esters is 1. The van der Waals surface area contributed by atoms with Crippen LogP contribution in [0.15, 0.2) is 36.5 Å². The Balaban J connectivity index is 2.46. The topological polar surface area (TPSA) is 70.1 Å². The maximum atomic E-state index is 11.8. The molecular formula is C12H13N3O2. The molecule has 0 aliphatic heterocycles. The fourth-order valence-corrected chi connectivity index (χ4v) is 1.53. The van der Waals surface area contributed by atoms with Gasteiger partial charge in [0, 0.05) is 0 Å². The summed E-state index contributed by atoms with van der Waals surface area (Å²) in [4.78, 5) is 11.8. The van der Waals surface area contributed by atoms with E-state index in [1.165, 1.54) is 10.9 Å². The van der Waals surface area contributed by atoms with E-state index >= 15 is 0 Å². The highest BCUT2D eigenvalue weighted by molar-refractivity contribution is 5.93. The van der Waals surface area contributed by atoms with Gasteiger partial charge in [0.2, 0.25) is 0 Å². The molecule has 0 unspecified atom stereocenters. The van der Waals surface area contributed by atoms with Gasteiger partial charge in [0.05, 0.1) is 24.2 Å². The van der Waals surface area contributed by atoms with Crippen LogP contribution in [-0.4, -0.2) is 22.4 Å². The zero-order chi connectivity index (χ0) is 12.3. The summed E-state index contributed by atoms with van der Waals surface area (Å²) in [5, 5.41) is 4.08. The van der Waals surface area contributed by atoms with Crippen LogP contribution in [0, 0.1) is 0 Å². The summed E-state index contributed by atoms with van der Waals surface area (Å²) in [5.41, 5.74) is 7.07. The maximum Gasteiger partial charge on any atom is 0.359 e. The van der Waals surface area contributed by atoms with Gasteiger partial charge in [-0.25, -0.2) is 9.48 Å². The minimum atomic E-state index is -0.466. The van der Waals surface area contributed by atoms with Crippen molar-refractivity contribution >= 4 is 11.7 Å². The Hall–Kier alpha value is -2.30. The van der Waals surface area contributed by atoms with Gasteiger partial charge in [0.1, 0.15) is 0 Å². The van der Waals surface area contributed by atoms with Crippen molar-refractivity contribution in [3.8, 4) is 5.69 Å². The van der Waals surface area contributed by atoms with Crippen molar-refractivity contribution < 1.29 is 9.53 Å². The number of nitrogens with two attached hydrogens (primary N) is 1. The molecule has 17 heavy (non-hydrogen) atoms. The largest absolute Gasteiger partial charge is 0.461 e. The van der Waals surface area contributed by atoms with E-state index in [-0.39, 0.29) is 5.69 Å². The molecule has 0 saturated heterocycles. The van der Waals surface area contributed by atoms with Crippen molar-refractivity contribution in [2.45, 2.75) is 6.92 Å². The molecule has 0 aliphatic rings. The number of hydrogen-bond donors (Lipinski definition) is 1. The third-order valence-corrected chi connectivity index (χ3v) is 2.27. The Morgan fingerprint density at radius 2 is 2.12 bits per heavy atom. The monoisotopic (exact) mass is 231 g/mol. The number of carbonyl (C=O) groups excluding carboxylic acids is 1. The molecule has 0 radical (unpaired) electrons. The second-order valence-corrected chi connectivity index (χ2v) is 3.42. The van der Waals surface area contributed by atoms with Crippen molar-refractivity contribution in [3.63, 3.8) is 0 Å². The Bertz CT molecular complexity index is 520. The lowest BCUT2D eigenvalue weighted by molar-refractivity contribution is 0.0517. The number of nitrogen functional groups attached to an aromatic ring is 1. The molecule has 88 valence electrons. The van der Waals surface area contributed by atoms with Crippen molar-refractivity contribution in [1.82, 2.24) is 9.78 Å². The van der Waals surface area contributed by atoms with Gasteiger partial charge in [-0.3, -0.25) is 0 Å². The Labute approximate surface area is 98.8 Å². The van der Waals surface area contributed by atoms with Crippen molar-refractivity contribution in [2.75, 3.05) is 12.3 Å². The molecule has 1 heterocycles. The standard InChI is InChI=1S/C12H13N3O2/c1-2-17-12(16)11-10(13)8-14-15(11)9-6-4-3-5-7-9/h3-8H,2,13H2,1H3. The van der Waals surface area contributed by atoms with Crippen LogP contribution in [0.3, 0.4) is 0 Å². The molecule has 0 spiro atoms. The quantitative estimate of drug-likeness (QED) is 0.815. The number of aromatic nitrogens is 2. The first-order valence-corrected chi connectivity index (χ1v) is 5.30. The van der Waals surface area contributed by atoms with Gasteiger partial charge >= 0.3 is 5.97 Å². The second-order valence-electron chi connectivity index (χ2n) is 3.42. The smallest absolute Gasteiger partial charge is 0.359 e. The third kappa shape index (κ3) is 2.13. The molecule has 0 aliphatic carbocycles. The molecule has 1 aromatic carbocycles. The highest BCUT2D eigenvalue weighted by Crippen LogP contribution is 2.17. The second kappa shape index (κ2) is 4.69. The molecule has 2 N–H and O–H groups in total. The molecule has 0 fully saturated rings. The first-order valence-electron chi connectivity index (χ1n) is 5.30. The molecule has 2 rings (SSSR count). The Morgan fingerprint density at radius 3 is 2.76 bits per heavy atom. The molecule has 2 aromatic rings. The lowest BCUT2D eigenvalue weighted by atomic mass is 10.3. The highest BCUT2D eigenvalue weighted by Gasteiger charge is 2.18. The van der Waals surface area contributed by atoms with Gasteiger partial charge in [0.25, 0.3) is 0 Å². The molecule has 1 aromatic heterocycles. The molecule has 0 bridgehead atoms. The molecule has 5 heteroatoms.